The van der Waals surface area contributed by atoms with Crippen LogP contribution in [0.15, 0.2) is 23.4 Å². The van der Waals surface area contributed by atoms with E-state index in [1.807, 2.05) is 0 Å². The van der Waals surface area contributed by atoms with Crippen LogP contribution >= 0.6 is 0 Å². The molecule has 18 heavy (non-hydrogen) atoms. The van der Waals surface area contributed by atoms with Crippen LogP contribution in [0.4, 0.5) is 14.7 Å². The fourth-order valence-corrected chi connectivity index (χ4v) is 1.50. The van der Waals surface area contributed by atoms with E-state index < -0.39 is 11.6 Å². The first-order valence-electron chi connectivity index (χ1n) is 5.29. The monoisotopic (exact) mass is 250 g/mol. The van der Waals surface area contributed by atoms with Crippen molar-refractivity contribution in [2.75, 3.05) is 5.73 Å². The van der Waals surface area contributed by atoms with Gasteiger partial charge in [0.2, 0.25) is 5.95 Å². The molecule has 0 saturated heterocycles. The van der Waals surface area contributed by atoms with Crippen molar-refractivity contribution in [1.82, 2.24) is 9.66 Å². The Morgan fingerprint density at radius 2 is 2.06 bits per heavy atom. The molecule has 0 saturated carbocycles. The van der Waals surface area contributed by atoms with Gasteiger partial charge in [0, 0.05) is 11.1 Å². The van der Waals surface area contributed by atoms with E-state index >= 15 is 0 Å². The third-order valence-corrected chi connectivity index (χ3v) is 2.51. The maximum atomic E-state index is 13.7. The summed E-state index contributed by atoms with van der Waals surface area (Å²) >= 11 is 0. The van der Waals surface area contributed by atoms with E-state index in [0.29, 0.717) is 5.69 Å². The zero-order valence-electron chi connectivity index (χ0n) is 9.98. The summed E-state index contributed by atoms with van der Waals surface area (Å²) in [5.74, 6) is -1.00. The minimum absolute atomic E-state index is 0.0336. The summed E-state index contributed by atoms with van der Waals surface area (Å²) in [5, 5.41) is 3.97. The lowest BCUT2D eigenvalue weighted by Crippen LogP contribution is -1.99. The highest BCUT2D eigenvalue weighted by molar-refractivity contribution is 5.80. The largest absolute Gasteiger partial charge is 0.368 e. The molecule has 0 aliphatic heterocycles. The molecule has 4 nitrogen and oxygen atoms in total. The second kappa shape index (κ2) is 4.56. The summed E-state index contributed by atoms with van der Waals surface area (Å²) in [6, 6.07) is 2.52. The summed E-state index contributed by atoms with van der Waals surface area (Å²) in [7, 11) is 0. The molecular formula is C12H12F2N4. The molecule has 6 heteroatoms. The number of benzene rings is 1. The van der Waals surface area contributed by atoms with Crippen LogP contribution in [0.2, 0.25) is 0 Å². The van der Waals surface area contributed by atoms with E-state index in [1.165, 1.54) is 29.9 Å². The molecule has 0 aliphatic rings. The molecule has 0 unspecified atom stereocenters. The predicted octanol–water partition coefficient (Wildman–Crippen LogP) is 2.24. The molecule has 0 amide bonds. The van der Waals surface area contributed by atoms with Crippen LogP contribution in [0, 0.1) is 25.5 Å². The molecule has 2 aromatic rings. The maximum Gasteiger partial charge on any atom is 0.221 e. The Labute approximate surface area is 103 Å². The molecule has 1 heterocycles. The summed E-state index contributed by atoms with van der Waals surface area (Å²) in [4.78, 5) is 3.95. The highest BCUT2D eigenvalue weighted by Crippen LogP contribution is 2.14. The van der Waals surface area contributed by atoms with Crippen LogP contribution in [0.25, 0.3) is 0 Å². The molecule has 0 spiro atoms. The van der Waals surface area contributed by atoms with E-state index in [2.05, 4.69) is 10.1 Å². The minimum atomic E-state index is -0.630. The number of hydrogen-bond acceptors (Lipinski definition) is 3. The second-order valence-electron chi connectivity index (χ2n) is 3.91. The Morgan fingerprint density at radius 1 is 1.33 bits per heavy atom. The van der Waals surface area contributed by atoms with Crippen LogP contribution in [0.1, 0.15) is 16.8 Å². The van der Waals surface area contributed by atoms with Gasteiger partial charge in [-0.1, -0.05) is 0 Å². The third-order valence-electron chi connectivity index (χ3n) is 2.51. The van der Waals surface area contributed by atoms with Gasteiger partial charge in [-0.3, -0.25) is 0 Å². The van der Waals surface area contributed by atoms with Gasteiger partial charge in [0.15, 0.2) is 0 Å². The standard InChI is InChI=1S/C12H12F2N4/c1-7-6-18(12(15)17-7)16-5-9-3-4-10(13)8(2)11(9)14/h3-6H,1-2H3,(H2,15,17). The smallest absolute Gasteiger partial charge is 0.221 e. The second-order valence-corrected chi connectivity index (χ2v) is 3.91. The highest BCUT2D eigenvalue weighted by Gasteiger charge is 2.08. The minimum Gasteiger partial charge on any atom is -0.368 e. The van der Waals surface area contributed by atoms with Crippen LogP contribution in [-0.2, 0) is 0 Å². The van der Waals surface area contributed by atoms with Crippen molar-refractivity contribution >= 4 is 12.2 Å². The van der Waals surface area contributed by atoms with E-state index in [1.54, 1.807) is 13.1 Å². The van der Waals surface area contributed by atoms with Gasteiger partial charge in [-0.15, -0.1) is 0 Å². The van der Waals surface area contributed by atoms with E-state index in [-0.39, 0.29) is 17.1 Å². The van der Waals surface area contributed by atoms with Crippen molar-refractivity contribution in [3.8, 4) is 0 Å². The predicted molar refractivity (Wildman–Crippen MR) is 65.5 cm³/mol. The van der Waals surface area contributed by atoms with Crippen molar-refractivity contribution < 1.29 is 8.78 Å². The number of rotatable bonds is 2. The van der Waals surface area contributed by atoms with Gasteiger partial charge in [-0.25, -0.2) is 18.4 Å². The summed E-state index contributed by atoms with van der Waals surface area (Å²) in [6.07, 6.45) is 2.89. The molecule has 1 aromatic carbocycles. The first-order chi connectivity index (χ1) is 8.49. The van der Waals surface area contributed by atoms with Crippen LogP contribution in [-0.4, -0.2) is 15.9 Å². The average Bonchev–Trinajstić information content (AvgIpc) is 2.64. The maximum absolute atomic E-state index is 13.7. The fraction of sp³-hybridized carbons (Fsp3) is 0.167. The van der Waals surface area contributed by atoms with Crippen LogP contribution in [0.5, 0.6) is 0 Å². The van der Waals surface area contributed by atoms with Gasteiger partial charge >= 0.3 is 0 Å². The van der Waals surface area contributed by atoms with Gasteiger partial charge < -0.3 is 5.73 Å². The molecule has 2 rings (SSSR count). The van der Waals surface area contributed by atoms with E-state index in [9.17, 15) is 8.78 Å². The molecule has 94 valence electrons. The molecule has 0 atom stereocenters. The number of anilines is 1. The number of hydrogen-bond donors (Lipinski definition) is 1. The normalized spacial score (nSPS) is 11.3. The lowest BCUT2D eigenvalue weighted by atomic mass is 10.1. The van der Waals surface area contributed by atoms with Crippen molar-refractivity contribution in [2.24, 2.45) is 5.10 Å². The van der Waals surface area contributed by atoms with Crippen molar-refractivity contribution in [2.45, 2.75) is 13.8 Å². The van der Waals surface area contributed by atoms with Crippen molar-refractivity contribution in [1.29, 1.82) is 0 Å². The number of nitrogen functional groups attached to an aromatic ring is 1. The lowest BCUT2D eigenvalue weighted by Gasteiger charge is -2.02. The average molecular weight is 250 g/mol. The van der Waals surface area contributed by atoms with Gasteiger partial charge in [0.25, 0.3) is 0 Å². The molecule has 0 fully saturated rings. The Morgan fingerprint density at radius 3 is 2.67 bits per heavy atom. The van der Waals surface area contributed by atoms with E-state index in [0.717, 1.165) is 0 Å². The first kappa shape index (κ1) is 12.2. The topological polar surface area (TPSA) is 56.2 Å². The molecule has 1 aromatic heterocycles. The first-order valence-corrected chi connectivity index (χ1v) is 5.29. The number of halogens is 2. The number of nitrogens with zero attached hydrogens (tertiary/aromatic N) is 3. The molecule has 0 aliphatic carbocycles. The quantitative estimate of drug-likeness (QED) is 0.831. The zero-order chi connectivity index (χ0) is 13.3. The van der Waals surface area contributed by atoms with Crippen LogP contribution < -0.4 is 5.73 Å². The third kappa shape index (κ3) is 2.22. The van der Waals surface area contributed by atoms with Crippen LogP contribution in [0.3, 0.4) is 0 Å². The molecule has 2 N–H and O–H groups in total. The van der Waals surface area contributed by atoms with Crippen molar-refractivity contribution in [3.63, 3.8) is 0 Å². The number of nitrogens with two attached hydrogens (primary N) is 1. The summed E-state index contributed by atoms with van der Waals surface area (Å²) < 4.78 is 28.1. The molecule has 0 bridgehead atoms. The summed E-state index contributed by atoms with van der Waals surface area (Å²) in [5.41, 5.74) is 6.45. The lowest BCUT2D eigenvalue weighted by molar-refractivity contribution is 0.567. The van der Waals surface area contributed by atoms with Gasteiger partial charge in [0.1, 0.15) is 11.6 Å². The number of imidazole rings is 1. The van der Waals surface area contributed by atoms with Gasteiger partial charge in [-0.05, 0) is 26.0 Å². The van der Waals surface area contributed by atoms with Gasteiger partial charge in [-0.2, -0.15) is 5.10 Å². The van der Waals surface area contributed by atoms with Gasteiger partial charge in [0.05, 0.1) is 18.1 Å². The zero-order valence-corrected chi connectivity index (χ0v) is 9.98. The van der Waals surface area contributed by atoms with Crippen molar-refractivity contribution in [3.05, 3.63) is 46.8 Å². The Hall–Kier alpha value is -2.24. The Balaban J connectivity index is 2.35. The fourth-order valence-electron chi connectivity index (χ4n) is 1.50. The Kier molecular flexibility index (Phi) is 3.10. The van der Waals surface area contributed by atoms with E-state index in [4.69, 9.17) is 5.73 Å². The SMILES string of the molecule is Cc1cn(N=Cc2ccc(F)c(C)c2F)c(N)n1. The number of aryl methyl sites for hydroxylation is 1. The summed E-state index contributed by atoms with van der Waals surface area (Å²) in [6.45, 7) is 3.14. The Bertz CT molecular complexity index is 617. The number of aromatic nitrogens is 2. The highest BCUT2D eigenvalue weighted by atomic mass is 19.1. The molecule has 0 radical (unpaired) electrons. The molecular weight excluding hydrogens is 238 g/mol.